The number of hydrogen-bond acceptors (Lipinski definition) is 4. The Balaban J connectivity index is 1.55. The van der Waals surface area contributed by atoms with Crippen molar-refractivity contribution in [2.45, 2.75) is 39.2 Å². The molecule has 2 aromatic rings. The Bertz CT molecular complexity index is 847. The van der Waals surface area contributed by atoms with Crippen LogP contribution in [0.15, 0.2) is 48.5 Å². The first-order chi connectivity index (χ1) is 14.7. The fraction of sp³-hybridized carbons (Fsp3) is 0.417. The molecular formula is C24H30N2O4. The standard InChI is InChI=1S/C24H30N2O4/c1-2-29-14-15-30-22-13-6-5-12-21(22)24(28)25-17-18-8-7-11-20(16-18)26-23(27)19-9-3-4-10-19/h5-8,11-13,16,19H,2-4,9-10,14-15,17H2,1H3,(H,25,28)(H,26,27). The van der Waals surface area contributed by atoms with Crippen LogP contribution in [-0.2, 0) is 16.1 Å². The lowest BCUT2D eigenvalue weighted by Gasteiger charge is -2.13. The van der Waals surface area contributed by atoms with Gasteiger partial charge in [-0.2, -0.15) is 0 Å². The second kappa shape index (κ2) is 11.4. The number of carbonyl (C=O) groups is 2. The second-order valence-electron chi connectivity index (χ2n) is 7.40. The van der Waals surface area contributed by atoms with Gasteiger partial charge in [-0.25, -0.2) is 0 Å². The lowest BCUT2D eigenvalue weighted by Crippen LogP contribution is -2.24. The fourth-order valence-corrected chi connectivity index (χ4v) is 3.60. The topological polar surface area (TPSA) is 76.7 Å². The number of anilines is 1. The van der Waals surface area contributed by atoms with Gasteiger partial charge in [0.15, 0.2) is 0 Å². The van der Waals surface area contributed by atoms with Crippen molar-refractivity contribution in [2.24, 2.45) is 5.92 Å². The summed E-state index contributed by atoms with van der Waals surface area (Å²) in [5.74, 6) is 0.536. The number of nitrogens with one attached hydrogen (secondary N) is 2. The van der Waals surface area contributed by atoms with E-state index in [1.807, 2.05) is 43.3 Å². The quantitative estimate of drug-likeness (QED) is 0.577. The van der Waals surface area contributed by atoms with E-state index in [4.69, 9.17) is 9.47 Å². The monoisotopic (exact) mass is 410 g/mol. The molecule has 1 saturated carbocycles. The SMILES string of the molecule is CCOCCOc1ccccc1C(=O)NCc1cccc(NC(=O)C2CCCC2)c1. The van der Waals surface area contributed by atoms with Crippen molar-refractivity contribution in [3.8, 4) is 5.75 Å². The van der Waals surface area contributed by atoms with Gasteiger partial charge in [-0.3, -0.25) is 9.59 Å². The highest BCUT2D eigenvalue weighted by Gasteiger charge is 2.22. The van der Waals surface area contributed by atoms with E-state index in [9.17, 15) is 9.59 Å². The van der Waals surface area contributed by atoms with E-state index in [0.717, 1.165) is 36.9 Å². The van der Waals surface area contributed by atoms with Crippen molar-refractivity contribution in [1.82, 2.24) is 5.32 Å². The van der Waals surface area contributed by atoms with Crippen LogP contribution in [0.5, 0.6) is 5.75 Å². The van der Waals surface area contributed by atoms with Gasteiger partial charge in [0, 0.05) is 24.8 Å². The highest BCUT2D eigenvalue weighted by molar-refractivity contribution is 5.97. The Morgan fingerprint density at radius 1 is 1.03 bits per heavy atom. The molecular weight excluding hydrogens is 380 g/mol. The van der Waals surface area contributed by atoms with Gasteiger partial charge in [0.2, 0.25) is 5.91 Å². The van der Waals surface area contributed by atoms with E-state index in [-0.39, 0.29) is 17.7 Å². The third-order valence-electron chi connectivity index (χ3n) is 5.19. The Kier molecular flexibility index (Phi) is 8.27. The van der Waals surface area contributed by atoms with Gasteiger partial charge < -0.3 is 20.1 Å². The molecule has 3 rings (SSSR count). The zero-order valence-corrected chi connectivity index (χ0v) is 17.5. The van der Waals surface area contributed by atoms with Crippen LogP contribution in [0.3, 0.4) is 0 Å². The summed E-state index contributed by atoms with van der Waals surface area (Å²) >= 11 is 0. The van der Waals surface area contributed by atoms with Gasteiger partial charge in [0.05, 0.1) is 12.2 Å². The molecule has 0 bridgehead atoms. The number of ether oxygens (including phenoxy) is 2. The first-order valence-corrected chi connectivity index (χ1v) is 10.6. The lowest BCUT2D eigenvalue weighted by atomic mass is 10.1. The molecule has 2 aromatic carbocycles. The first-order valence-electron chi connectivity index (χ1n) is 10.6. The van der Waals surface area contributed by atoms with E-state index in [1.165, 1.54) is 0 Å². The fourth-order valence-electron chi connectivity index (χ4n) is 3.60. The van der Waals surface area contributed by atoms with Crippen LogP contribution in [0.4, 0.5) is 5.69 Å². The number of amides is 2. The summed E-state index contributed by atoms with van der Waals surface area (Å²) in [5.41, 5.74) is 2.17. The maximum atomic E-state index is 12.7. The summed E-state index contributed by atoms with van der Waals surface area (Å²) in [4.78, 5) is 25.0. The molecule has 0 aliphatic heterocycles. The number of benzene rings is 2. The molecule has 0 spiro atoms. The smallest absolute Gasteiger partial charge is 0.255 e. The van der Waals surface area contributed by atoms with Gasteiger partial charge in [0.25, 0.3) is 5.91 Å². The second-order valence-corrected chi connectivity index (χ2v) is 7.40. The van der Waals surface area contributed by atoms with Gasteiger partial charge in [-0.15, -0.1) is 0 Å². The highest BCUT2D eigenvalue weighted by atomic mass is 16.5. The van der Waals surface area contributed by atoms with E-state index in [1.54, 1.807) is 12.1 Å². The lowest BCUT2D eigenvalue weighted by molar-refractivity contribution is -0.119. The van der Waals surface area contributed by atoms with Gasteiger partial charge in [-0.1, -0.05) is 37.1 Å². The molecule has 1 aliphatic rings. The summed E-state index contributed by atoms with van der Waals surface area (Å²) in [6.07, 6.45) is 4.18. The summed E-state index contributed by atoms with van der Waals surface area (Å²) in [7, 11) is 0. The molecule has 1 fully saturated rings. The number of rotatable bonds is 10. The molecule has 6 nitrogen and oxygen atoms in total. The van der Waals surface area contributed by atoms with Crippen molar-refractivity contribution in [2.75, 3.05) is 25.1 Å². The van der Waals surface area contributed by atoms with Crippen LogP contribution in [0, 0.1) is 5.92 Å². The summed E-state index contributed by atoms with van der Waals surface area (Å²) in [5, 5.41) is 5.93. The van der Waals surface area contributed by atoms with Crippen molar-refractivity contribution in [1.29, 1.82) is 0 Å². The summed E-state index contributed by atoms with van der Waals surface area (Å²) in [6.45, 7) is 3.79. The maximum absolute atomic E-state index is 12.7. The van der Waals surface area contributed by atoms with E-state index >= 15 is 0 Å². The van der Waals surface area contributed by atoms with Crippen LogP contribution in [-0.4, -0.2) is 31.6 Å². The predicted molar refractivity (Wildman–Crippen MR) is 117 cm³/mol. The van der Waals surface area contributed by atoms with E-state index < -0.39 is 0 Å². The average Bonchev–Trinajstić information content (AvgIpc) is 3.31. The molecule has 0 heterocycles. The molecule has 1 aliphatic carbocycles. The molecule has 0 atom stereocenters. The molecule has 0 saturated heterocycles. The summed E-state index contributed by atoms with van der Waals surface area (Å²) in [6, 6.07) is 14.8. The van der Waals surface area contributed by atoms with Gasteiger partial charge >= 0.3 is 0 Å². The maximum Gasteiger partial charge on any atom is 0.255 e. The van der Waals surface area contributed by atoms with Crippen LogP contribution in [0.25, 0.3) is 0 Å². The molecule has 2 amide bonds. The molecule has 2 N–H and O–H groups in total. The Morgan fingerprint density at radius 3 is 2.63 bits per heavy atom. The minimum absolute atomic E-state index is 0.0896. The Labute approximate surface area is 178 Å². The first kappa shape index (κ1) is 21.8. The summed E-state index contributed by atoms with van der Waals surface area (Å²) < 4.78 is 11.0. The molecule has 30 heavy (non-hydrogen) atoms. The van der Waals surface area contributed by atoms with Crippen LogP contribution in [0.2, 0.25) is 0 Å². The van der Waals surface area contributed by atoms with Gasteiger partial charge in [0.1, 0.15) is 12.4 Å². The van der Waals surface area contributed by atoms with Crippen LogP contribution < -0.4 is 15.4 Å². The number of hydrogen-bond donors (Lipinski definition) is 2. The van der Waals surface area contributed by atoms with Crippen LogP contribution >= 0.6 is 0 Å². The highest BCUT2D eigenvalue weighted by Crippen LogP contribution is 2.26. The molecule has 6 heteroatoms. The third-order valence-corrected chi connectivity index (χ3v) is 5.19. The third kappa shape index (κ3) is 6.32. The Morgan fingerprint density at radius 2 is 1.83 bits per heavy atom. The van der Waals surface area contributed by atoms with Crippen LogP contribution in [0.1, 0.15) is 48.5 Å². The molecule has 0 radical (unpaired) electrons. The van der Waals surface area contributed by atoms with Crippen molar-refractivity contribution >= 4 is 17.5 Å². The van der Waals surface area contributed by atoms with Crippen molar-refractivity contribution in [3.63, 3.8) is 0 Å². The Hall–Kier alpha value is -2.86. The van der Waals surface area contributed by atoms with E-state index in [2.05, 4.69) is 10.6 Å². The average molecular weight is 411 g/mol. The molecule has 160 valence electrons. The normalized spacial score (nSPS) is 13.8. The molecule has 0 unspecified atom stereocenters. The van der Waals surface area contributed by atoms with Gasteiger partial charge in [-0.05, 0) is 49.6 Å². The minimum atomic E-state index is -0.206. The largest absolute Gasteiger partial charge is 0.490 e. The number of carbonyl (C=O) groups excluding carboxylic acids is 2. The van der Waals surface area contributed by atoms with Crippen molar-refractivity contribution < 1.29 is 19.1 Å². The molecule has 0 aromatic heterocycles. The van der Waals surface area contributed by atoms with E-state index in [0.29, 0.717) is 37.7 Å². The number of para-hydroxylation sites is 1. The van der Waals surface area contributed by atoms with Crippen molar-refractivity contribution in [3.05, 3.63) is 59.7 Å². The predicted octanol–water partition coefficient (Wildman–Crippen LogP) is 4.16. The minimum Gasteiger partial charge on any atom is -0.490 e. The zero-order valence-electron chi connectivity index (χ0n) is 17.5. The zero-order chi connectivity index (χ0) is 21.2.